The zero-order valence-corrected chi connectivity index (χ0v) is 10.9. The second-order valence-electron chi connectivity index (χ2n) is 4.23. The molecule has 110 valence electrons. The Morgan fingerprint density at radius 1 is 1.19 bits per heavy atom. The number of rotatable bonds is 5. The van der Waals surface area contributed by atoms with Crippen molar-refractivity contribution in [3.05, 3.63) is 59.7 Å². The smallest absolute Gasteiger partial charge is 0.387 e. The van der Waals surface area contributed by atoms with Gasteiger partial charge in [-0.05, 0) is 29.8 Å². The molecular formula is C15H13F2NO3. The Morgan fingerprint density at radius 3 is 2.67 bits per heavy atom. The molecule has 2 aromatic carbocycles. The highest BCUT2D eigenvalue weighted by Gasteiger charge is 2.14. The highest BCUT2D eigenvalue weighted by atomic mass is 19.3. The minimum Gasteiger partial charge on any atom is -0.508 e. The zero-order chi connectivity index (χ0) is 15.2. The lowest BCUT2D eigenvalue weighted by atomic mass is 10.1. The fourth-order valence-corrected chi connectivity index (χ4v) is 1.80. The van der Waals surface area contributed by atoms with Crippen LogP contribution in [0.15, 0.2) is 48.5 Å². The highest BCUT2D eigenvalue weighted by molar-refractivity contribution is 5.96. The summed E-state index contributed by atoms with van der Waals surface area (Å²) in [5.41, 5.74) is 0.716. The van der Waals surface area contributed by atoms with Crippen LogP contribution in [-0.4, -0.2) is 17.6 Å². The summed E-state index contributed by atoms with van der Waals surface area (Å²) in [6.07, 6.45) is 0. The van der Waals surface area contributed by atoms with Gasteiger partial charge in [-0.2, -0.15) is 8.78 Å². The van der Waals surface area contributed by atoms with Crippen LogP contribution in [0.25, 0.3) is 0 Å². The van der Waals surface area contributed by atoms with E-state index in [0.29, 0.717) is 5.56 Å². The van der Waals surface area contributed by atoms with Gasteiger partial charge < -0.3 is 15.2 Å². The maximum atomic E-state index is 12.3. The van der Waals surface area contributed by atoms with Gasteiger partial charge in [-0.3, -0.25) is 4.79 Å². The number of halogens is 2. The van der Waals surface area contributed by atoms with E-state index in [1.165, 1.54) is 30.3 Å². The van der Waals surface area contributed by atoms with Crippen LogP contribution in [0, 0.1) is 0 Å². The van der Waals surface area contributed by atoms with Crippen LogP contribution in [0.1, 0.15) is 15.9 Å². The van der Waals surface area contributed by atoms with Crippen LogP contribution in [0.5, 0.6) is 11.5 Å². The van der Waals surface area contributed by atoms with Crippen molar-refractivity contribution >= 4 is 5.91 Å². The largest absolute Gasteiger partial charge is 0.508 e. The maximum Gasteiger partial charge on any atom is 0.387 e. The van der Waals surface area contributed by atoms with Crippen LogP contribution in [0.4, 0.5) is 8.78 Å². The van der Waals surface area contributed by atoms with Crippen molar-refractivity contribution in [3.8, 4) is 11.5 Å². The number of para-hydroxylation sites is 1. The molecule has 2 N–H and O–H groups in total. The summed E-state index contributed by atoms with van der Waals surface area (Å²) in [4.78, 5) is 12.0. The summed E-state index contributed by atoms with van der Waals surface area (Å²) in [6, 6.07) is 12.1. The molecule has 0 bridgehead atoms. The van der Waals surface area contributed by atoms with Crippen LogP contribution < -0.4 is 10.1 Å². The van der Waals surface area contributed by atoms with E-state index < -0.39 is 12.5 Å². The Hall–Kier alpha value is -2.63. The molecule has 0 fully saturated rings. The number of benzene rings is 2. The number of ether oxygens (including phenoxy) is 1. The second kappa shape index (κ2) is 6.69. The fourth-order valence-electron chi connectivity index (χ4n) is 1.80. The Kier molecular flexibility index (Phi) is 4.71. The van der Waals surface area contributed by atoms with E-state index in [-0.39, 0.29) is 23.6 Å². The number of carbonyl (C=O) groups excluding carboxylic acids is 1. The predicted octanol–water partition coefficient (Wildman–Crippen LogP) is 2.92. The Morgan fingerprint density at radius 2 is 1.95 bits per heavy atom. The van der Waals surface area contributed by atoms with E-state index in [4.69, 9.17) is 0 Å². The second-order valence-corrected chi connectivity index (χ2v) is 4.23. The molecule has 0 aliphatic rings. The lowest BCUT2D eigenvalue weighted by molar-refractivity contribution is -0.0501. The molecule has 0 spiro atoms. The van der Waals surface area contributed by atoms with Gasteiger partial charge in [0, 0.05) is 6.54 Å². The number of carbonyl (C=O) groups is 1. The van der Waals surface area contributed by atoms with Crippen LogP contribution in [0.2, 0.25) is 0 Å². The molecule has 1 amide bonds. The van der Waals surface area contributed by atoms with Gasteiger partial charge in [-0.1, -0.05) is 24.3 Å². The molecule has 0 atom stereocenters. The van der Waals surface area contributed by atoms with Gasteiger partial charge in [-0.25, -0.2) is 0 Å². The standard InChI is InChI=1S/C15H13F2NO3/c16-15(17)21-13-7-2-1-6-12(13)14(20)18-9-10-4-3-5-11(19)8-10/h1-8,15,19H,9H2,(H,18,20). The molecule has 4 nitrogen and oxygen atoms in total. The highest BCUT2D eigenvalue weighted by Crippen LogP contribution is 2.20. The first-order valence-electron chi connectivity index (χ1n) is 6.16. The number of amides is 1. The molecule has 0 radical (unpaired) electrons. The summed E-state index contributed by atoms with van der Waals surface area (Å²) < 4.78 is 28.9. The van der Waals surface area contributed by atoms with E-state index in [2.05, 4.69) is 10.1 Å². The van der Waals surface area contributed by atoms with Crippen molar-refractivity contribution in [1.29, 1.82) is 0 Å². The first kappa shape index (κ1) is 14.8. The first-order chi connectivity index (χ1) is 10.1. The number of phenolic OH excluding ortho intramolecular Hbond substituents is 1. The van der Waals surface area contributed by atoms with Crippen LogP contribution in [0.3, 0.4) is 0 Å². The quantitative estimate of drug-likeness (QED) is 0.891. The van der Waals surface area contributed by atoms with E-state index in [1.807, 2.05) is 0 Å². The van der Waals surface area contributed by atoms with Gasteiger partial charge in [0.25, 0.3) is 5.91 Å². The van der Waals surface area contributed by atoms with Gasteiger partial charge in [0.2, 0.25) is 0 Å². The van der Waals surface area contributed by atoms with Crippen molar-refractivity contribution in [3.63, 3.8) is 0 Å². The summed E-state index contributed by atoms with van der Waals surface area (Å²) in [5, 5.41) is 11.9. The van der Waals surface area contributed by atoms with Gasteiger partial charge in [-0.15, -0.1) is 0 Å². The van der Waals surface area contributed by atoms with Crippen molar-refractivity contribution in [1.82, 2.24) is 5.32 Å². The summed E-state index contributed by atoms with van der Waals surface area (Å²) in [6.45, 7) is -2.83. The number of hydrogen-bond donors (Lipinski definition) is 2. The minimum absolute atomic E-state index is 0.0259. The molecule has 0 aromatic heterocycles. The monoisotopic (exact) mass is 293 g/mol. The van der Waals surface area contributed by atoms with E-state index >= 15 is 0 Å². The van der Waals surface area contributed by atoms with E-state index in [9.17, 15) is 18.7 Å². The van der Waals surface area contributed by atoms with Crippen molar-refractivity contribution in [2.45, 2.75) is 13.2 Å². The number of phenols is 1. The number of nitrogens with one attached hydrogen (secondary N) is 1. The predicted molar refractivity (Wildman–Crippen MR) is 72.4 cm³/mol. The lowest BCUT2D eigenvalue weighted by Crippen LogP contribution is -2.23. The topological polar surface area (TPSA) is 58.6 Å². The number of hydrogen-bond acceptors (Lipinski definition) is 3. The van der Waals surface area contributed by atoms with Crippen LogP contribution >= 0.6 is 0 Å². The van der Waals surface area contributed by atoms with Crippen molar-refractivity contribution < 1.29 is 23.4 Å². The minimum atomic E-state index is -3.00. The summed E-state index contributed by atoms with van der Waals surface area (Å²) in [5.74, 6) is -0.626. The molecule has 21 heavy (non-hydrogen) atoms. The molecule has 0 aliphatic heterocycles. The fraction of sp³-hybridized carbons (Fsp3) is 0.133. The summed E-state index contributed by atoms with van der Waals surface area (Å²) in [7, 11) is 0. The van der Waals surface area contributed by atoms with Gasteiger partial charge in [0.1, 0.15) is 11.5 Å². The Labute approximate surface area is 120 Å². The molecule has 2 rings (SSSR count). The van der Waals surface area contributed by atoms with Crippen molar-refractivity contribution in [2.75, 3.05) is 0 Å². The first-order valence-corrected chi connectivity index (χ1v) is 6.16. The average molecular weight is 293 g/mol. The molecular weight excluding hydrogens is 280 g/mol. The van der Waals surface area contributed by atoms with Gasteiger partial charge >= 0.3 is 6.61 Å². The van der Waals surface area contributed by atoms with Gasteiger partial charge in [0.15, 0.2) is 0 Å². The Balaban J connectivity index is 2.07. The maximum absolute atomic E-state index is 12.3. The van der Waals surface area contributed by atoms with Crippen LogP contribution in [-0.2, 0) is 6.54 Å². The molecule has 0 unspecified atom stereocenters. The Bertz CT molecular complexity index is 632. The van der Waals surface area contributed by atoms with E-state index in [0.717, 1.165) is 0 Å². The SMILES string of the molecule is O=C(NCc1cccc(O)c1)c1ccccc1OC(F)F. The molecule has 0 aliphatic carbocycles. The van der Waals surface area contributed by atoms with Gasteiger partial charge in [0.05, 0.1) is 5.56 Å². The lowest BCUT2D eigenvalue weighted by Gasteiger charge is -2.11. The normalized spacial score (nSPS) is 10.4. The van der Waals surface area contributed by atoms with Crippen molar-refractivity contribution in [2.24, 2.45) is 0 Å². The molecule has 0 heterocycles. The number of alkyl halides is 2. The third kappa shape index (κ3) is 4.17. The molecule has 2 aromatic rings. The third-order valence-electron chi connectivity index (χ3n) is 2.71. The number of aromatic hydroxyl groups is 1. The third-order valence-corrected chi connectivity index (χ3v) is 2.71. The summed E-state index contributed by atoms with van der Waals surface area (Å²) >= 11 is 0. The molecule has 6 heteroatoms. The van der Waals surface area contributed by atoms with E-state index in [1.54, 1.807) is 18.2 Å². The zero-order valence-electron chi connectivity index (χ0n) is 10.9. The molecule has 0 saturated heterocycles. The average Bonchev–Trinajstić information content (AvgIpc) is 2.45. The molecule has 0 saturated carbocycles.